The van der Waals surface area contributed by atoms with Crippen LogP contribution in [0.3, 0.4) is 0 Å². The Morgan fingerprint density at radius 3 is 0.915 bits per heavy atom. The van der Waals surface area contributed by atoms with Gasteiger partial charge in [0.25, 0.3) is 0 Å². The maximum atomic E-state index is 6.10. The topological polar surface area (TPSA) is 86.6 Å². The maximum absolute atomic E-state index is 6.10. The summed E-state index contributed by atoms with van der Waals surface area (Å²) >= 11 is 1.52. The highest BCUT2D eigenvalue weighted by molar-refractivity contribution is 7.16. The SMILES string of the molecule is COc1ccc(N(c2ccc(N=Cc3sc(C=Nc4ccc(N(c5ccc(OC)cc5)c5ccc(OC)cc5)cc4)c4c3OCCO4)cc2)c2ccc(OC)cc2)cc1. The molecule has 1 aromatic heterocycles. The number of ether oxygens (including phenoxy) is 6. The second-order valence-electron chi connectivity index (χ2n) is 13.2. The number of aliphatic imine (C=N–C) groups is 2. The molecule has 0 radical (unpaired) electrons. The minimum absolute atomic E-state index is 0.461. The van der Waals surface area contributed by atoms with Crippen LogP contribution in [0.4, 0.5) is 45.5 Å². The van der Waals surface area contributed by atoms with Gasteiger partial charge in [-0.2, -0.15) is 0 Å². The van der Waals surface area contributed by atoms with E-state index in [0.29, 0.717) is 24.7 Å². The quantitative estimate of drug-likeness (QED) is 0.100. The molecule has 1 aliphatic rings. The first-order chi connectivity index (χ1) is 29.0. The molecule has 6 aromatic carbocycles. The molecule has 296 valence electrons. The number of benzene rings is 6. The molecule has 8 rings (SSSR count). The lowest BCUT2D eigenvalue weighted by Gasteiger charge is -2.25. The van der Waals surface area contributed by atoms with Crippen molar-refractivity contribution < 1.29 is 28.4 Å². The van der Waals surface area contributed by atoms with Crippen LogP contribution in [0.1, 0.15) is 9.75 Å². The van der Waals surface area contributed by atoms with E-state index in [9.17, 15) is 0 Å². The second kappa shape index (κ2) is 17.9. The lowest BCUT2D eigenvalue weighted by atomic mass is 10.1. The molecule has 0 spiro atoms. The Balaban J connectivity index is 1.02. The number of rotatable bonds is 14. The van der Waals surface area contributed by atoms with E-state index in [-0.39, 0.29) is 0 Å². The normalized spacial score (nSPS) is 12.1. The Kier molecular flexibility index (Phi) is 11.7. The summed E-state index contributed by atoms with van der Waals surface area (Å²) in [5, 5.41) is 0. The van der Waals surface area contributed by atoms with Crippen molar-refractivity contribution in [2.75, 3.05) is 51.5 Å². The molecule has 0 bridgehead atoms. The predicted octanol–water partition coefficient (Wildman–Crippen LogP) is 12.0. The van der Waals surface area contributed by atoms with Gasteiger partial charge in [-0.25, -0.2) is 0 Å². The molecular formula is C48H42N4O6S. The van der Waals surface area contributed by atoms with E-state index in [1.807, 2.05) is 134 Å². The minimum Gasteiger partial charge on any atom is -0.497 e. The molecule has 2 heterocycles. The predicted molar refractivity (Wildman–Crippen MR) is 238 cm³/mol. The number of hydrogen-bond donors (Lipinski definition) is 0. The van der Waals surface area contributed by atoms with Gasteiger partial charge in [-0.05, 0) is 146 Å². The molecule has 0 atom stereocenters. The highest BCUT2D eigenvalue weighted by atomic mass is 32.1. The molecule has 0 aliphatic carbocycles. The summed E-state index contributed by atoms with van der Waals surface area (Å²) in [6, 6.07) is 48.1. The van der Waals surface area contributed by atoms with E-state index in [4.69, 9.17) is 38.4 Å². The third-order valence-electron chi connectivity index (χ3n) is 9.65. The zero-order valence-electron chi connectivity index (χ0n) is 33.1. The van der Waals surface area contributed by atoms with Gasteiger partial charge in [0.2, 0.25) is 0 Å². The maximum Gasteiger partial charge on any atom is 0.181 e. The standard InChI is InChI=1S/C48H42N4O6S/c1-53-41-21-13-37(14-22-41)51(38-15-23-42(54-2)24-16-38)35-9-5-33(6-10-35)49-31-45-47-48(58-30-29-57-47)46(59-45)32-50-34-7-11-36(12-8-34)52(39-17-25-43(55-3)26-18-39)40-19-27-44(56-4)28-20-40/h5-28,31-32H,29-30H2,1-4H3. The lowest BCUT2D eigenvalue weighted by Crippen LogP contribution is -2.15. The Labute approximate surface area is 347 Å². The molecule has 0 amide bonds. The van der Waals surface area contributed by atoms with Crippen LogP contribution in [-0.4, -0.2) is 54.1 Å². The van der Waals surface area contributed by atoms with Crippen molar-refractivity contribution in [1.29, 1.82) is 0 Å². The van der Waals surface area contributed by atoms with Crippen LogP contribution in [0, 0.1) is 0 Å². The lowest BCUT2D eigenvalue weighted by molar-refractivity contribution is 0.173. The van der Waals surface area contributed by atoms with Crippen LogP contribution < -0.4 is 38.2 Å². The number of hydrogen-bond acceptors (Lipinski definition) is 11. The molecule has 0 unspecified atom stereocenters. The highest BCUT2D eigenvalue weighted by Gasteiger charge is 2.23. The summed E-state index contributed by atoms with van der Waals surface area (Å²) in [6.07, 6.45) is 3.66. The van der Waals surface area contributed by atoms with Crippen LogP contribution in [0.5, 0.6) is 34.5 Å². The number of nitrogens with zero attached hydrogens (tertiary/aromatic N) is 4. The van der Waals surface area contributed by atoms with E-state index < -0.39 is 0 Å². The fraction of sp³-hybridized carbons (Fsp3) is 0.125. The molecule has 0 N–H and O–H groups in total. The first-order valence-electron chi connectivity index (χ1n) is 18.9. The monoisotopic (exact) mass is 802 g/mol. The fourth-order valence-electron chi connectivity index (χ4n) is 6.63. The molecule has 0 saturated carbocycles. The van der Waals surface area contributed by atoms with E-state index in [2.05, 4.69) is 34.1 Å². The van der Waals surface area contributed by atoms with Gasteiger partial charge in [-0.1, -0.05) is 0 Å². The van der Waals surface area contributed by atoms with Gasteiger partial charge in [-0.15, -0.1) is 11.3 Å². The number of fused-ring (bicyclic) bond motifs is 1. The Morgan fingerprint density at radius 2 is 0.661 bits per heavy atom. The molecule has 10 nitrogen and oxygen atoms in total. The van der Waals surface area contributed by atoms with Crippen molar-refractivity contribution in [1.82, 2.24) is 0 Å². The van der Waals surface area contributed by atoms with Crippen molar-refractivity contribution in [3.63, 3.8) is 0 Å². The van der Waals surface area contributed by atoms with Crippen LogP contribution in [-0.2, 0) is 0 Å². The summed E-state index contributed by atoms with van der Waals surface area (Å²) in [4.78, 5) is 15.7. The van der Waals surface area contributed by atoms with E-state index >= 15 is 0 Å². The Hall–Kier alpha value is -7.24. The summed E-state index contributed by atoms with van der Waals surface area (Å²) in [7, 11) is 6.66. The average molecular weight is 803 g/mol. The summed E-state index contributed by atoms with van der Waals surface area (Å²) in [6.45, 7) is 0.922. The molecule has 59 heavy (non-hydrogen) atoms. The summed E-state index contributed by atoms with van der Waals surface area (Å²) in [5.41, 5.74) is 7.51. The molecule has 1 aliphatic heterocycles. The van der Waals surface area contributed by atoms with Gasteiger partial charge in [0.05, 0.1) is 49.6 Å². The molecule has 0 fully saturated rings. The van der Waals surface area contributed by atoms with Gasteiger partial charge in [0.1, 0.15) is 36.2 Å². The van der Waals surface area contributed by atoms with Crippen LogP contribution in [0.25, 0.3) is 0 Å². The smallest absolute Gasteiger partial charge is 0.181 e. The van der Waals surface area contributed by atoms with Crippen molar-refractivity contribution in [2.45, 2.75) is 0 Å². The minimum atomic E-state index is 0.461. The van der Waals surface area contributed by atoms with Crippen molar-refractivity contribution in [2.24, 2.45) is 9.98 Å². The van der Waals surface area contributed by atoms with E-state index in [1.165, 1.54) is 11.3 Å². The molecule has 0 saturated heterocycles. The van der Waals surface area contributed by atoms with E-state index in [0.717, 1.165) is 78.3 Å². The van der Waals surface area contributed by atoms with Crippen LogP contribution in [0.2, 0.25) is 0 Å². The number of methoxy groups -OCH3 is 4. The van der Waals surface area contributed by atoms with Gasteiger partial charge >= 0.3 is 0 Å². The number of anilines is 6. The third kappa shape index (κ3) is 8.70. The second-order valence-corrected chi connectivity index (χ2v) is 14.3. The van der Waals surface area contributed by atoms with Crippen molar-refractivity contribution >= 4 is 69.3 Å². The zero-order chi connectivity index (χ0) is 40.6. The van der Waals surface area contributed by atoms with Crippen LogP contribution >= 0.6 is 11.3 Å². The third-order valence-corrected chi connectivity index (χ3v) is 10.7. The Morgan fingerprint density at radius 1 is 0.407 bits per heavy atom. The fourth-order valence-corrected chi connectivity index (χ4v) is 7.56. The summed E-state index contributed by atoms with van der Waals surface area (Å²) < 4.78 is 33.8. The molecule has 11 heteroatoms. The first-order valence-corrected chi connectivity index (χ1v) is 19.7. The molecule has 7 aromatic rings. The van der Waals surface area contributed by atoms with Gasteiger partial charge in [0.15, 0.2) is 11.5 Å². The van der Waals surface area contributed by atoms with Gasteiger partial charge < -0.3 is 38.2 Å². The van der Waals surface area contributed by atoms with Gasteiger partial charge in [-0.3, -0.25) is 9.98 Å². The van der Waals surface area contributed by atoms with Crippen molar-refractivity contribution in [3.05, 3.63) is 155 Å². The number of thiophene rings is 1. The van der Waals surface area contributed by atoms with Crippen molar-refractivity contribution in [3.8, 4) is 34.5 Å². The van der Waals surface area contributed by atoms with Gasteiger partial charge in [0, 0.05) is 46.6 Å². The van der Waals surface area contributed by atoms with E-state index in [1.54, 1.807) is 28.4 Å². The molecular weight excluding hydrogens is 761 g/mol. The summed E-state index contributed by atoms with van der Waals surface area (Å²) in [5.74, 6) is 4.53. The highest BCUT2D eigenvalue weighted by Crippen LogP contribution is 2.44. The first kappa shape index (κ1) is 38.6. The average Bonchev–Trinajstić information content (AvgIpc) is 3.66. The Bertz CT molecular complexity index is 2250. The zero-order valence-corrected chi connectivity index (χ0v) is 33.9. The van der Waals surface area contributed by atoms with Crippen LogP contribution in [0.15, 0.2) is 156 Å². The largest absolute Gasteiger partial charge is 0.497 e.